The van der Waals surface area contributed by atoms with E-state index in [9.17, 15) is 8.42 Å². The van der Waals surface area contributed by atoms with Gasteiger partial charge in [0.2, 0.25) is 0 Å². The van der Waals surface area contributed by atoms with E-state index in [0.29, 0.717) is 5.75 Å². The summed E-state index contributed by atoms with van der Waals surface area (Å²) >= 11 is 0. The first kappa shape index (κ1) is 14.0. The topological polar surface area (TPSA) is 89.6 Å². The van der Waals surface area contributed by atoms with Gasteiger partial charge < -0.3 is 15.6 Å². The molecule has 1 aromatic rings. The van der Waals surface area contributed by atoms with Crippen LogP contribution in [0.25, 0.3) is 0 Å². The first-order valence-electron chi connectivity index (χ1n) is 5.23. The van der Waals surface area contributed by atoms with Gasteiger partial charge in [-0.15, -0.1) is 0 Å². The number of hydrogen-bond acceptors (Lipinski definition) is 5. The fraction of sp³-hybridized carbons (Fsp3) is 0.455. The predicted molar refractivity (Wildman–Crippen MR) is 64.7 cm³/mol. The van der Waals surface area contributed by atoms with Crippen molar-refractivity contribution >= 4 is 9.84 Å². The molecule has 96 valence electrons. The molecule has 0 fully saturated rings. The number of sulfone groups is 1. The Kier molecular flexibility index (Phi) is 4.92. The Morgan fingerprint density at radius 2 is 1.94 bits per heavy atom. The van der Waals surface area contributed by atoms with E-state index in [1.807, 2.05) is 0 Å². The smallest absolute Gasteiger partial charge is 0.179 e. The third kappa shape index (κ3) is 3.99. The van der Waals surface area contributed by atoms with E-state index in [-0.39, 0.29) is 23.7 Å². The zero-order valence-electron chi connectivity index (χ0n) is 9.67. The molecule has 0 saturated heterocycles. The van der Waals surface area contributed by atoms with Crippen molar-refractivity contribution < 1.29 is 18.3 Å². The fourth-order valence-electron chi connectivity index (χ4n) is 1.41. The number of hydrogen-bond donors (Lipinski definition) is 2. The van der Waals surface area contributed by atoms with Crippen LogP contribution >= 0.6 is 0 Å². The number of aliphatic hydroxyl groups is 1. The Morgan fingerprint density at radius 3 is 2.41 bits per heavy atom. The number of rotatable bonds is 6. The van der Waals surface area contributed by atoms with Crippen LogP contribution in [0.15, 0.2) is 29.2 Å². The van der Waals surface area contributed by atoms with Crippen LogP contribution in [0.1, 0.15) is 6.42 Å². The van der Waals surface area contributed by atoms with E-state index in [1.165, 1.54) is 19.2 Å². The van der Waals surface area contributed by atoms with Crippen molar-refractivity contribution in [3.05, 3.63) is 24.3 Å². The molecule has 0 aromatic heterocycles. The highest BCUT2D eigenvalue weighted by Gasteiger charge is 2.18. The number of benzene rings is 1. The minimum absolute atomic E-state index is 0.112. The largest absolute Gasteiger partial charge is 0.497 e. The number of ether oxygens (including phenoxy) is 1. The van der Waals surface area contributed by atoms with Crippen molar-refractivity contribution in [2.45, 2.75) is 17.4 Å². The molecule has 0 aliphatic carbocycles. The van der Waals surface area contributed by atoms with Crippen LogP contribution in [0, 0.1) is 0 Å². The summed E-state index contributed by atoms with van der Waals surface area (Å²) in [6.07, 6.45) is 0.273. The van der Waals surface area contributed by atoms with Crippen LogP contribution in [0.5, 0.6) is 5.75 Å². The van der Waals surface area contributed by atoms with Gasteiger partial charge in [-0.3, -0.25) is 0 Å². The Labute approximate surface area is 101 Å². The lowest BCUT2D eigenvalue weighted by Crippen LogP contribution is -2.30. The lowest BCUT2D eigenvalue weighted by Gasteiger charge is -2.11. The van der Waals surface area contributed by atoms with Gasteiger partial charge in [0, 0.05) is 12.6 Å². The van der Waals surface area contributed by atoms with Crippen molar-refractivity contribution in [3.63, 3.8) is 0 Å². The Morgan fingerprint density at radius 1 is 1.35 bits per heavy atom. The average Bonchev–Trinajstić information content (AvgIpc) is 2.28. The van der Waals surface area contributed by atoms with Crippen molar-refractivity contribution in [2.24, 2.45) is 5.73 Å². The molecule has 1 unspecified atom stereocenters. The summed E-state index contributed by atoms with van der Waals surface area (Å²) in [5.74, 6) is 0.434. The van der Waals surface area contributed by atoms with Crippen molar-refractivity contribution in [1.29, 1.82) is 0 Å². The molecule has 6 heteroatoms. The monoisotopic (exact) mass is 259 g/mol. The van der Waals surface area contributed by atoms with E-state index in [0.717, 1.165) is 0 Å². The standard InChI is InChI=1S/C11H17NO4S/c1-16-10-2-4-11(5-3-10)17(14,15)8-9(12)6-7-13/h2-5,9,13H,6-8,12H2,1H3. The quantitative estimate of drug-likeness (QED) is 0.760. The molecule has 0 aliphatic heterocycles. The van der Waals surface area contributed by atoms with Gasteiger partial charge in [0.25, 0.3) is 0 Å². The fourth-order valence-corrected chi connectivity index (χ4v) is 2.88. The van der Waals surface area contributed by atoms with Gasteiger partial charge in [-0.25, -0.2) is 8.42 Å². The molecular weight excluding hydrogens is 242 g/mol. The lowest BCUT2D eigenvalue weighted by molar-refractivity contribution is 0.279. The summed E-state index contributed by atoms with van der Waals surface area (Å²) < 4.78 is 28.8. The minimum Gasteiger partial charge on any atom is -0.497 e. The molecule has 1 atom stereocenters. The Balaban J connectivity index is 2.82. The second kappa shape index (κ2) is 6.00. The molecule has 0 amide bonds. The molecule has 0 spiro atoms. The van der Waals surface area contributed by atoms with Crippen LogP contribution < -0.4 is 10.5 Å². The van der Waals surface area contributed by atoms with Crippen LogP contribution in [0.2, 0.25) is 0 Å². The second-order valence-corrected chi connectivity index (χ2v) is 5.76. The normalized spacial score (nSPS) is 13.4. The predicted octanol–water partition coefficient (Wildman–Crippen LogP) is 0.179. The van der Waals surface area contributed by atoms with E-state index in [1.54, 1.807) is 12.1 Å². The van der Waals surface area contributed by atoms with Gasteiger partial charge in [0.05, 0.1) is 17.8 Å². The first-order valence-corrected chi connectivity index (χ1v) is 6.88. The van der Waals surface area contributed by atoms with Crippen LogP contribution in [0.3, 0.4) is 0 Å². The maximum Gasteiger partial charge on any atom is 0.179 e. The summed E-state index contributed by atoms with van der Waals surface area (Å²) in [6, 6.07) is 5.60. The summed E-state index contributed by atoms with van der Waals surface area (Å²) in [7, 11) is -1.88. The van der Waals surface area contributed by atoms with E-state index >= 15 is 0 Å². The van der Waals surface area contributed by atoms with Crippen LogP contribution in [-0.2, 0) is 9.84 Å². The minimum atomic E-state index is -3.40. The summed E-state index contributed by atoms with van der Waals surface area (Å²) in [6.45, 7) is -0.112. The highest BCUT2D eigenvalue weighted by atomic mass is 32.2. The maximum atomic E-state index is 11.9. The van der Waals surface area contributed by atoms with Gasteiger partial charge in [0.15, 0.2) is 9.84 Å². The molecule has 17 heavy (non-hydrogen) atoms. The SMILES string of the molecule is COc1ccc(S(=O)(=O)CC(N)CCO)cc1. The number of nitrogens with two attached hydrogens (primary N) is 1. The van der Waals surface area contributed by atoms with Gasteiger partial charge in [0.1, 0.15) is 5.75 Å². The average molecular weight is 259 g/mol. The Bertz CT molecular complexity index is 441. The maximum absolute atomic E-state index is 11.9. The van der Waals surface area contributed by atoms with E-state index in [4.69, 9.17) is 15.6 Å². The summed E-state index contributed by atoms with van der Waals surface area (Å²) in [4.78, 5) is 0.215. The van der Waals surface area contributed by atoms with Gasteiger partial charge in [-0.2, -0.15) is 0 Å². The molecule has 0 bridgehead atoms. The summed E-state index contributed by atoms with van der Waals surface area (Å²) in [5.41, 5.74) is 5.60. The number of aliphatic hydroxyl groups excluding tert-OH is 1. The van der Waals surface area contributed by atoms with Gasteiger partial charge in [-0.1, -0.05) is 0 Å². The zero-order valence-corrected chi connectivity index (χ0v) is 10.5. The zero-order chi connectivity index (χ0) is 12.9. The van der Waals surface area contributed by atoms with Gasteiger partial charge in [-0.05, 0) is 30.7 Å². The number of methoxy groups -OCH3 is 1. The van der Waals surface area contributed by atoms with E-state index in [2.05, 4.69) is 0 Å². The van der Waals surface area contributed by atoms with Crippen LogP contribution in [0.4, 0.5) is 0 Å². The molecule has 1 rings (SSSR count). The Hall–Kier alpha value is -1.11. The second-order valence-electron chi connectivity index (χ2n) is 3.73. The van der Waals surface area contributed by atoms with E-state index < -0.39 is 15.9 Å². The molecular formula is C11H17NO4S. The molecule has 0 radical (unpaired) electrons. The molecule has 0 aliphatic rings. The summed E-state index contributed by atoms with van der Waals surface area (Å²) in [5, 5.41) is 8.68. The molecule has 3 N–H and O–H groups in total. The van der Waals surface area contributed by atoms with Crippen molar-refractivity contribution in [2.75, 3.05) is 19.5 Å². The third-order valence-corrected chi connectivity index (χ3v) is 4.21. The first-order chi connectivity index (χ1) is 7.99. The van der Waals surface area contributed by atoms with Crippen LogP contribution in [-0.4, -0.2) is 39.0 Å². The van der Waals surface area contributed by atoms with Crippen molar-refractivity contribution in [3.8, 4) is 5.75 Å². The molecule has 1 aromatic carbocycles. The van der Waals surface area contributed by atoms with Crippen molar-refractivity contribution in [1.82, 2.24) is 0 Å². The van der Waals surface area contributed by atoms with Gasteiger partial charge >= 0.3 is 0 Å². The molecule has 5 nitrogen and oxygen atoms in total. The highest BCUT2D eigenvalue weighted by molar-refractivity contribution is 7.91. The highest BCUT2D eigenvalue weighted by Crippen LogP contribution is 2.17. The lowest BCUT2D eigenvalue weighted by atomic mass is 10.3. The molecule has 0 saturated carbocycles. The third-order valence-electron chi connectivity index (χ3n) is 2.35. The molecule has 0 heterocycles.